The Hall–Kier alpha value is -2.24. The van der Waals surface area contributed by atoms with E-state index < -0.39 is 23.2 Å². The molecule has 2 rings (SSSR count). The zero-order valence-corrected chi connectivity index (χ0v) is 10.8. The maximum Gasteiger partial charge on any atom is 0.259 e. The number of nitrogens with one attached hydrogen (secondary N) is 1. The molecule has 0 aliphatic carbocycles. The summed E-state index contributed by atoms with van der Waals surface area (Å²) in [6.45, 7) is 3.38. The highest BCUT2D eigenvalue weighted by atomic mass is 19.1. The normalized spacial score (nSPS) is 10.6. The lowest BCUT2D eigenvalue weighted by Gasteiger charge is -2.07. The highest BCUT2D eigenvalue weighted by molar-refractivity contribution is 6.05. The molecule has 6 heteroatoms. The van der Waals surface area contributed by atoms with Crippen molar-refractivity contribution < 1.29 is 13.6 Å². The summed E-state index contributed by atoms with van der Waals surface area (Å²) in [6.07, 6.45) is 0. The molecule has 19 heavy (non-hydrogen) atoms. The fourth-order valence-electron chi connectivity index (χ4n) is 1.90. The van der Waals surface area contributed by atoms with E-state index in [1.165, 1.54) is 6.07 Å². The van der Waals surface area contributed by atoms with E-state index in [9.17, 15) is 13.6 Å². The summed E-state index contributed by atoms with van der Waals surface area (Å²) >= 11 is 0. The SMILES string of the molecule is Cc1nn(C)c(C)c1C(=O)Nc1c(F)cccc1F. The van der Waals surface area contributed by atoms with Gasteiger partial charge in [-0.05, 0) is 26.0 Å². The maximum absolute atomic E-state index is 13.5. The minimum Gasteiger partial charge on any atom is -0.317 e. The van der Waals surface area contributed by atoms with E-state index in [-0.39, 0.29) is 0 Å². The van der Waals surface area contributed by atoms with Gasteiger partial charge in [0, 0.05) is 12.7 Å². The van der Waals surface area contributed by atoms with Crippen molar-refractivity contribution in [2.75, 3.05) is 5.32 Å². The summed E-state index contributed by atoms with van der Waals surface area (Å²) in [5, 5.41) is 6.33. The minimum absolute atomic E-state index is 0.324. The van der Waals surface area contributed by atoms with Crippen molar-refractivity contribution in [2.45, 2.75) is 13.8 Å². The Kier molecular flexibility index (Phi) is 3.33. The van der Waals surface area contributed by atoms with Crippen LogP contribution < -0.4 is 5.32 Å². The predicted molar refractivity (Wildman–Crippen MR) is 67.0 cm³/mol. The Labute approximate surface area is 109 Å². The van der Waals surface area contributed by atoms with Crippen molar-refractivity contribution in [2.24, 2.45) is 7.05 Å². The van der Waals surface area contributed by atoms with Gasteiger partial charge >= 0.3 is 0 Å². The van der Waals surface area contributed by atoms with Gasteiger partial charge in [-0.1, -0.05) is 6.07 Å². The maximum atomic E-state index is 13.5. The van der Waals surface area contributed by atoms with Gasteiger partial charge in [-0.15, -0.1) is 0 Å². The van der Waals surface area contributed by atoms with Gasteiger partial charge in [-0.3, -0.25) is 9.48 Å². The largest absolute Gasteiger partial charge is 0.317 e. The van der Waals surface area contributed by atoms with Gasteiger partial charge in [0.1, 0.15) is 17.3 Å². The molecular formula is C13H13F2N3O. The van der Waals surface area contributed by atoms with E-state index in [0.29, 0.717) is 17.0 Å². The molecule has 1 aromatic carbocycles. The van der Waals surface area contributed by atoms with Crippen molar-refractivity contribution in [1.29, 1.82) is 0 Å². The van der Waals surface area contributed by atoms with Gasteiger partial charge in [0.15, 0.2) is 0 Å². The van der Waals surface area contributed by atoms with Crippen molar-refractivity contribution >= 4 is 11.6 Å². The molecule has 0 bridgehead atoms. The highest BCUT2D eigenvalue weighted by Gasteiger charge is 2.19. The molecule has 2 aromatic rings. The number of amides is 1. The number of carbonyl (C=O) groups excluding carboxylic acids is 1. The van der Waals surface area contributed by atoms with Crippen LogP contribution in [0.15, 0.2) is 18.2 Å². The first-order valence-electron chi connectivity index (χ1n) is 5.67. The van der Waals surface area contributed by atoms with E-state index >= 15 is 0 Å². The Morgan fingerprint density at radius 1 is 1.26 bits per heavy atom. The average Bonchev–Trinajstić information content (AvgIpc) is 2.58. The molecule has 0 fully saturated rings. The summed E-state index contributed by atoms with van der Waals surface area (Å²) in [7, 11) is 1.70. The Balaban J connectivity index is 2.36. The third kappa shape index (κ3) is 2.33. The predicted octanol–water partition coefficient (Wildman–Crippen LogP) is 2.57. The van der Waals surface area contributed by atoms with Crippen LogP contribution in [0, 0.1) is 25.5 Å². The molecule has 0 radical (unpaired) electrons. The zero-order valence-electron chi connectivity index (χ0n) is 10.8. The van der Waals surface area contributed by atoms with E-state index in [0.717, 1.165) is 12.1 Å². The summed E-state index contributed by atoms with van der Waals surface area (Å²) in [5.74, 6) is -2.20. The van der Waals surface area contributed by atoms with Gasteiger partial charge in [-0.25, -0.2) is 8.78 Å². The van der Waals surface area contributed by atoms with Gasteiger partial charge in [0.2, 0.25) is 0 Å². The number of nitrogens with zero attached hydrogens (tertiary/aromatic N) is 2. The van der Waals surface area contributed by atoms with Crippen molar-refractivity contribution in [3.8, 4) is 0 Å². The molecule has 0 spiro atoms. The highest BCUT2D eigenvalue weighted by Crippen LogP contribution is 2.20. The number of benzene rings is 1. The molecule has 0 saturated heterocycles. The first-order chi connectivity index (χ1) is 8.91. The number of halogens is 2. The van der Waals surface area contributed by atoms with Crippen LogP contribution in [0.25, 0.3) is 0 Å². The average molecular weight is 265 g/mol. The standard InChI is InChI=1S/C13H13F2N3O/c1-7-11(8(2)18(3)17-7)13(19)16-12-9(14)5-4-6-10(12)15/h4-6H,1-3H3,(H,16,19). The number of hydrogen-bond acceptors (Lipinski definition) is 2. The topological polar surface area (TPSA) is 46.9 Å². The molecule has 0 saturated carbocycles. The van der Waals surface area contributed by atoms with Crippen LogP contribution in [-0.4, -0.2) is 15.7 Å². The summed E-state index contributed by atoms with van der Waals surface area (Å²) in [6, 6.07) is 3.41. The summed E-state index contributed by atoms with van der Waals surface area (Å²) in [5.41, 5.74) is 1.02. The van der Waals surface area contributed by atoms with Crippen LogP contribution >= 0.6 is 0 Å². The van der Waals surface area contributed by atoms with E-state index in [2.05, 4.69) is 10.4 Å². The molecule has 1 heterocycles. The monoisotopic (exact) mass is 265 g/mol. The Morgan fingerprint density at radius 2 is 1.84 bits per heavy atom. The molecule has 0 aliphatic heterocycles. The lowest BCUT2D eigenvalue weighted by molar-refractivity contribution is 0.102. The number of hydrogen-bond donors (Lipinski definition) is 1. The lowest BCUT2D eigenvalue weighted by atomic mass is 10.1. The molecule has 0 atom stereocenters. The molecule has 0 unspecified atom stereocenters. The van der Waals surface area contributed by atoms with Gasteiger partial charge in [0.05, 0.1) is 11.3 Å². The van der Waals surface area contributed by atoms with Crippen molar-refractivity contribution in [1.82, 2.24) is 9.78 Å². The number of para-hydroxylation sites is 1. The van der Waals surface area contributed by atoms with E-state index in [4.69, 9.17) is 0 Å². The van der Waals surface area contributed by atoms with Gasteiger partial charge < -0.3 is 5.32 Å². The van der Waals surface area contributed by atoms with Crippen LogP contribution in [0.3, 0.4) is 0 Å². The molecule has 0 aliphatic rings. The first-order valence-corrected chi connectivity index (χ1v) is 5.67. The molecule has 4 nitrogen and oxygen atoms in total. The van der Waals surface area contributed by atoms with Crippen LogP contribution in [0.5, 0.6) is 0 Å². The quantitative estimate of drug-likeness (QED) is 0.907. The van der Waals surface area contributed by atoms with Gasteiger partial charge in [-0.2, -0.15) is 5.10 Å². The third-order valence-electron chi connectivity index (χ3n) is 2.94. The Morgan fingerprint density at radius 3 is 2.32 bits per heavy atom. The van der Waals surface area contributed by atoms with E-state index in [1.807, 2.05) is 0 Å². The molecule has 1 aromatic heterocycles. The van der Waals surface area contributed by atoms with Crippen molar-refractivity contribution in [3.05, 3.63) is 46.8 Å². The Bertz CT molecular complexity index is 629. The molecule has 1 N–H and O–H groups in total. The summed E-state index contributed by atoms with van der Waals surface area (Å²) in [4.78, 5) is 12.1. The lowest BCUT2D eigenvalue weighted by Crippen LogP contribution is -2.16. The van der Waals surface area contributed by atoms with Gasteiger partial charge in [0.25, 0.3) is 5.91 Å². The van der Waals surface area contributed by atoms with Crippen molar-refractivity contribution in [3.63, 3.8) is 0 Å². The number of aromatic nitrogens is 2. The number of rotatable bonds is 2. The molecule has 1 amide bonds. The van der Waals surface area contributed by atoms with Crippen LogP contribution in [0.4, 0.5) is 14.5 Å². The number of anilines is 1. The van der Waals surface area contributed by atoms with Crippen LogP contribution in [0.1, 0.15) is 21.7 Å². The number of aryl methyl sites for hydroxylation is 2. The second kappa shape index (κ2) is 4.79. The second-order valence-corrected chi connectivity index (χ2v) is 4.22. The first kappa shape index (κ1) is 13.2. The second-order valence-electron chi connectivity index (χ2n) is 4.22. The molecular weight excluding hydrogens is 252 g/mol. The van der Waals surface area contributed by atoms with Crippen LogP contribution in [-0.2, 0) is 7.05 Å². The van der Waals surface area contributed by atoms with Crippen LogP contribution in [0.2, 0.25) is 0 Å². The zero-order chi connectivity index (χ0) is 14.2. The fraction of sp³-hybridized carbons (Fsp3) is 0.231. The van der Waals surface area contributed by atoms with E-state index in [1.54, 1.807) is 25.6 Å². The smallest absolute Gasteiger partial charge is 0.259 e. The number of carbonyl (C=O) groups is 1. The molecule has 100 valence electrons. The fourth-order valence-corrected chi connectivity index (χ4v) is 1.90. The summed E-state index contributed by atoms with van der Waals surface area (Å²) < 4.78 is 28.5. The minimum atomic E-state index is -0.812. The third-order valence-corrected chi connectivity index (χ3v) is 2.94.